The molecule has 0 aliphatic rings. The first-order valence-electron chi connectivity index (χ1n) is 2.60. The Balaban J connectivity index is 3.99. The molecule has 58 valence electrons. The number of guanidine groups is 1. The van der Waals surface area contributed by atoms with Gasteiger partial charge in [-0.3, -0.25) is 5.43 Å². The van der Waals surface area contributed by atoms with Gasteiger partial charge in [-0.2, -0.15) is 0 Å². The number of aliphatic carboxylic acids is 1. The number of hydrogen-bond donors (Lipinski definition) is 4. The van der Waals surface area contributed by atoms with E-state index in [9.17, 15) is 4.79 Å². The normalized spacial score (nSPS) is 14.4. The highest BCUT2D eigenvalue weighted by molar-refractivity contribution is 5.82. The van der Waals surface area contributed by atoms with Crippen LogP contribution in [0.2, 0.25) is 0 Å². The van der Waals surface area contributed by atoms with Crippen molar-refractivity contribution in [2.24, 2.45) is 16.6 Å². The third-order valence-electron chi connectivity index (χ3n) is 0.838. The van der Waals surface area contributed by atoms with E-state index in [0.717, 1.165) is 0 Å². The highest BCUT2D eigenvalue weighted by Gasteiger charge is 2.07. The quantitative estimate of drug-likeness (QED) is 0.159. The molecule has 0 aliphatic carbocycles. The molecule has 0 amide bonds. The lowest BCUT2D eigenvalue weighted by Gasteiger charge is -2.00. The molecule has 6 heteroatoms. The number of rotatable bonds is 2. The van der Waals surface area contributed by atoms with Crippen molar-refractivity contribution < 1.29 is 9.90 Å². The second-order valence-electron chi connectivity index (χ2n) is 1.67. The number of nitrogens with zero attached hydrogens (tertiary/aromatic N) is 1. The first-order chi connectivity index (χ1) is 4.57. The van der Waals surface area contributed by atoms with Gasteiger partial charge in [0.25, 0.3) is 0 Å². The number of nitrogens with two attached hydrogens (primary N) is 2. The number of nitrogens with one attached hydrogen (secondary N) is 1. The zero-order valence-electron chi connectivity index (χ0n) is 5.53. The summed E-state index contributed by atoms with van der Waals surface area (Å²) in [4.78, 5) is 13.6. The lowest BCUT2D eigenvalue weighted by atomic mass is 10.4. The molecule has 0 radical (unpaired) electrons. The van der Waals surface area contributed by atoms with Crippen molar-refractivity contribution in [1.82, 2.24) is 5.43 Å². The van der Waals surface area contributed by atoms with Gasteiger partial charge in [0.1, 0.15) is 6.04 Å². The van der Waals surface area contributed by atoms with E-state index in [4.69, 9.17) is 16.7 Å². The molecule has 6 N–H and O–H groups in total. The predicted octanol–water partition coefficient (Wildman–Crippen LogP) is -1.76. The fourth-order valence-corrected chi connectivity index (χ4v) is 0.301. The molecular weight excluding hydrogens is 136 g/mol. The fraction of sp³-hybridized carbons (Fsp3) is 0.500. The predicted molar refractivity (Wildman–Crippen MR) is 36.0 cm³/mol. The minimum absolute atomic E-state index is 0.0881. The number of carboxylic acids is 1. The fourth-order valence-electron chi connectivity index (χ4n) is 0.301. The van der Waals surface area contributed by atoms with Crippen molar-refractivity contribution in [3.63, 3.8) is 0 Å². The molecule has 0 fully saturated rings. The molecule has 0 spiro atoms. The number of carbonyl (C=O) groups is 1. The summed E-state index contributed by atoms with van der Waals surface area (Å²) in [5.41, 5.74) is 7.08. The number of carboxylic acid groups (broad SMARTS) is 1. The smallest absolute Gasteiger partial charge is 0.328 e. The second kappa shape index (κ2) is 3.67. The molecule has 1 atom stereocenters. The van der Waals surface area contributed by atoms with Crippen LogP contribution in [0.5, 0.6) is 0 Å². The molecule has 0 aromatic rings. The highest BCUT2D eigenvalue weighted by atomic mass is 16.4. The van der Waals surface area contributed by atoms with Crippen molar-refractivity contribution in [3.8, 4) is 0 Å². The Kier molecular flexibility index (Phi) is 3.20. The summed E-state index contributed by atoms with van der Waals surface area (Å²) in [5.74, 6) is 3.69. The molecular formula is C4H10N4O2. The van der Waals surface area contributed by atoms with E-state index < -0.39 is 12.0 Å². The first-order valence-corrected chi connectivity index (χ1v) is 2.60. The molecule has 6 nitrogen and oxygen atoms in total. The Morgan fingerprint density at radius 1 is 1.80 bits per heavy atom. The average molecular weight is 146 g/mol. The van der Waals surface area contributed by atoms with Gasteiger partial charge in [-0.15, -0.1) is 0 Å². The van der Waals surface area contributed by atoms with Crippen LogP contribution in [0, 0.1) is 0 Å². The van der Waals surface area contributed by atoms with Gasteiger partial charge in [-0.05, 0) is 6.92 Å². The summed E-state index contributed by atoms with van der Waals surface area (Å²) in [6.45, 7) is 1.40. The van der Waals surface area contributed by atoms with E-state index in [0.29, 0.717) is 0 Å². The maximum absolute atomic E-state index is 10.1. The third kappa shape index (κ3) is 2.88. The van der Waals surface area contributed by atoms with Gasteiger partial charge in [0, 0.05) is 0 Å². The standard InChI is InChI=1S/C4H10N4O2/c1-2(3(9)10)7-4(5)8-6/h2H,6H2,1H3,(H,9,10)(H3,5,7,8)/t2-/m1/s1. The van der Waals surface area contributed by atoms with E-state index in [1.807, 2.05) is 5.43 Å². The van der Waals surface area contributed by atoms with E-state index in [2.05, 4.69) is 4.99 Å². The van der Waals surface area contributed by atoms with Gasteiger partial charge in [-0.25, -0.2) is 15.6 Å². The van der Waals surface area contributed by atoms with Crippen LogP contribution in [0.3, 0.4) is 0 Å². The van der Waals surface area contributed by atoms with Gasteiger partial charge in [0.05, 0.1) is 0 Å². The summed E-state index contributed by atoms with van der Waals surface area (Å²) in [7, 11) is 0. The minimum atomic E-state index is -1.04. The van der Waals surface area contributed by atoms with Gasteiger partial charge in [0.2, 0.25) is 5.96 Å². The third-order valence-corrected chi connectivity index (χ3v) is 0.838. The zero-order chi connectivity index (χ0) is 8.15. The Morgan fingerprint density at radius 2 is 2.30 bits per heavy atom. The number of hydrazine groups is 1. The van der Waals surface area contributed by atoms with Crippen LogP contribution in [0.25, 0.3) is 0 Å². The molecule has 0 saturated carbocycles. The molecule has 0 aromatic carbocycles. The van der Waals surface area contributed by atoms with E-state index >= 15 is 0 Å². The molecule has 0 rings (SSSR count). The summed E-state index contributed by atoms with van der Waals surface area (Å²) < 4.78 is 0. The number of aliphatic imine (C=N–C) groups is 1. The van der Waals surface area contributed by atoms with Crippen LogP contribution in [-0.4, -0.2) is 23.1 Å². The Hall–Kier alpha value is -1.30. The van der Waals surface area contributed by atoms with Crippen molar-refractivity contribution in [1.29, 1.82) is 0 Å². The van der Waals surface area contributed by atoms with Crippen molar-refractivity contribution in [2.45, 2.75) is 13.0 Å². The summed E-state index contributed by atoms with van der Waals surface area (Å²) >= 11 is 0. The SMILES string of the molecule is C[C@@H](N=C(N)NN)C(=O)O. The minimum Gasteiger partial charge on any atom is -0.480 e. The van der Waals surface area contributed by atoms with E-state index in [-0.39, 0.29) is 5.96 Å². The van der Waals surface area contributed by atoms with E-state index in [1.54, 1.807) is 0 Å². The maximum Gasteiger partial charge on any atom is 0.328 e. The van der Waals surface area contributed by atoms with E-state index in [1.165, 1.54) is 6.92 Å². The first kappa shape index (κ1) is 8.70. The molecule has 0 unspecified atom stereocenters. The van der Waals surface area contributed by atoms with Crippen molar-refractivity contribution >= 4 is 11.9 Å². The van der Waals surface area contributed by atoms with Crippen molar-refractivity contribution in [2.75, 3.05) is 0 Å². The topological polar surface area (TPSA) is 114 Å². The van der Waals surface area contributed by atoms with Gasteiger partial charge in [-0.1, -0.05) is 0 Å². The molecule has 0 aromatic heterocycles. The Labute approximate surface area is 57.9 Å². The second-order valence-corrected chi connectivity index (χ2v) is 1.67. The van der Waals surface area contributed by atoms with Crippen LogP contribution < -0.4 is 17.0 Å². The van der Waals surface area contributed by atoms with Crippen LogP contribution in [0.15, 0.2) is 4.99 Å². The van der Waals surface area contributed by atoms with Gasteiger partial charge in [0.15, 0.2) is 0 Å². The molecule has 0 saturated heterocycles. The number of hydrogen-bond acceptors (Lipinski definition) is 3. The Morgan fingerprint density at radius 3 is 2.60 bits per heavy atom. The Bertz CT molecular complexity index is 155. The highest BCUT2D eigenvalue weighted by Crippen LogP contribution is 1.86. The molecule has 10 heavy (non-hydrogen) atoms. The molecule has 0 aliphatic heterocycles. The monoisotopic (exact) mass is 146 g/mol. The molecule has 0 bridgehead atoms. The largest absolute Gasteiger partial charge is 0.480 e. The molecule has 0 heterocycles. The van der Waals surface area contributed by atoms with Crippen LogP contribution >= 0.6 is 0 Å². The van der Waals surface area contributed by atoms with Crippen LogP contribution in [0.4, 0.5) is 0 Å². The lowest BCUT2D eigenvalue weighted by molar-refractivity contribution is -0.137. The summed E-state index contributed by atoms with van der Waals surface area (Å²) in [5, 5.41) is 8.30. The van der Waals surface area contributed by atoms with Gasteiger partial charge < -0.3 is 10.8 Å². The average Bonchev–Trinajstić information content (AvgIpc) is 1.87. The summed E-state index contributed by atoms with van der Waals surface area (Å²) in [6.07, 6.45) is 0. The van der Waals surface area contributed by atoms with Gasteiger partial charge >= 0.3 is 5.97 Å². The maximum atomic E-state index is 10.1. The van der Waals surface area contributed by atoms with Crippen LogP contribution in [0.1, 0.15) is 6.92 Å². The van der Waals surface area contributed by atoms with Crippen molar-refractivity contribution in [3.05, 3.63) is 0 Å². The lowest BCUT2D eigenvalue weighted by Crippen LogP contribution is -2.38. The summed E-state index contributed by atoms with van der Waals surface area (Å²) in [6, 6.07) is -0.865. The zero-order valence-corrected chi connectivity index (χ0v) is 5.53. The van der Waals surface area contributed by atoms with Crippen LogP contribution in [-0.2, 0) is 4.79 Å².